The fourth-order valence-electron chi connectivity index (χ4n) is 4.03. The van der Waals surface area contributed by atoms with Crippen molar-refractivity contribution in [3.63, 3.8) is 0 Å². The summed E-state index contributed by atoms with van der Waals surface area (Å²) in [6, 6.07) is 9.19. The molecule has 184 valence electrons. The Hall–Kier alpha value is -3.45. The first-order valence-electron chi connectivity index (χ1n) is 10.8. The van der Waals surface area contributed by atoms with E-state index in [0.29, 0.717) is 62.3 Å². The van der Waals surface area contributed by atoms with Gasteiger partial charge in [0.2, 0.25) is 5.95 Å². The van der Waals surface area contributed by atoms with Crippen molar-refractivity contribution >= 4 is 27.6 Å². The second-order valence-corrected chi connectivity index (χ2v) is 9.43. The predicted octanol–water partition coefficient (Wildman–Crippen LogP) is 3.30. The van der Waals surface area contributed by atoms with Crippen molar-refractivity contribution < 1.29 is 30.5 Å². The van der Waals surface area contributed by atoms with Gasteiger partial charge in [-0.25, -0.2) is 4.98 Å². The van der Waals surface area contributed by atoms with E-state index in [1.54, 1.807) is 18.5 Å². The van der Waals surface area contributed by atoms with Crippen molar-refractivity contribution in [3.05, 3.63) is 54.4 Å². The standard InChI is InChI=1S/C22H20F3N5O4S/c23-22(24,25)35(31,32)34-17-3-1-2-15(14-17)19-18-6-9-30(16-4-7-26-8-5-16)20(18)28-21(27-19)29-10-12-33-13-11-29/h1-5,7-8,14H,6,9-13H2. The predicted molar refractivity (Wildman–Crippen MR) is 121 cm³/mol. The van der Waals surface area contributed by atoms with Crippen LogP contribution in [0.3, 0.4) is 0 Å². The Balaban J connectivity index is 1.60. The first kappa shape index (κ1) is 23.3. The molecule has 1 aromatic carbocycles. The summed E-state index contributed by atoms with van der Waals surface area (Å²) in [5, 5.41) is 0. The highest BCUT2D eigenvalue weighted by atomic mass is 32.2. The summed E-state index contributed by atoms with van der Waals surface area (Å²) in [5.74, 6) is 0.679. The van der Waals surface area contributed by atoms with E-state index in [4.69, 9.17) is 14.7 Å². The monoisotopic (exact) mass is 507 g/mol. The number of benzene rings is 1. The van der Waals surface area contributed by atoms with E-state index in [2.05, 4.69) is 9.17 Å². The fourth-order valence-corrected chi connectivity index (χ4v) is 4.48. The van der Waals surface area contributed by atoms with Crippen LogP contribution < -0.4 is 14.0 Å². The third-order valence-electron chi connectivity index (χ3n) is 5.68. The maximum atomic E-state index is 12.8. The molecule has 9 nitrogen and oxygen atoms in total. The van der Waals surface area contributed by atoms with E-state index in [1.165, 1.54) is 12.1 Å². The van der Waals surface area contributed by atoms with Crippen LogP contribution in [0.1, 0.15) is 5.56 Å². The molecule has 3 aromatic rings. The van der Waals surface area contributed by atoms with E-state index >= 15 is 0 Å². The van der Waals surface area contributed by atoms with Crippen molar-refractivity contribution in [1.82, 2.24) is 15.0 Å². The third kappa shape index (κ3) is 4.60. The van der Waals surface area contributed by atoms with Crippen LogP contribution in [0.5, 0.6) is 5.75 Å². The Morgan fingerprint density at radius 1 is 1.00 bits per heavy atom. The SMILES string of the molecule is O=S(=O)(Oc1cccc(-c2nc(N3CCOCC3)nc3c2CCN3c2ccncc2)c1)C(F)(F)F. The summed E-state index contributed by atoms with van der Waals surface area (Å²) < 4.78 is 71.3. The van der Waals surface area contributed by atoms with E-state index in [9.17, 15) is 21.6 Å². The lowest BCUT2D eigenvalue weighted by molar-refractivity contribution is -0.0500. The number of anilines is 3. The first-order valence-corrected chi connectivity index (χ1v) is 12.2. The average molecular weight is 507 g/mol. The second kappa shape index (κ2) is 8.96. The van der Waals surface area contributed by atoms with Gasteiger partial charge in [0.25, 0.3) is 0 Å². The van der Waals surface area contributed by atoms with Gasteiger partial charge in [0.15, 0.2) is 0 Å². The summed E-state index contributed by atoms with van der Waals surface area (Å²) in [7, 11) is -5.80. The number of alkyl halides is 3. The number of rotatable bonds is 5. The van der Waals surface area contributed by atoms with Crippen LogP contribution in [-0.2, 0) is 21.3 Å². The number of hydrogen-bond donors (Lipinski definition) is 0. The molecule has 2 aliphatic rings. The summed E-state index contributed by atoms with van der Waals surface area (Å²) in [5.41, 5.74) is -2.92. The van der Waals surface area contributed by atoms with Gasteiger partial charge in [-0.1, -0.05) is 12.1 Å². The van der Waals surface area contributed by atoms with Crippen LogP contribution in [-0.4, -0.2) is 61.7 Å². The number of pyridine rings is 1. The number of morpholine rings is 1. The fraction of sp³-hybridized carbons (Fsp3) is 0.318. The van der Waals surface area contributed by atoms with Crippen molar-refractivity contribution in [2.75, 3.05) is 42.6 Å². The number of ether oxygens (including phenoxy) is 1. The molecular weight excluding hydrogens is 487 g/mol. The lowest BCUT2D eigenvalue weighted by atomic mass is 10.1. The van der Waals surface area contributed by atoms with Gasteiger partial charge in [-0.05, 0) is 30.7 Å². The smallest absolute Gasteiger partial charge is 0.378 e. The van der Waals surface area contributed by atoms with E-state index < -0.39 is 21.4 Å². The van der Waals surface area contributed by atoms with Crippen molar-refractivity contribution in [1.29, 1.82) is 0 Å². The Bertz CT molecular complexity index is 1330. The minimum Gasteiger partial charge on any atom is -0.378 e. The van der Waals surface area contributed by atoms with Crippen LogP contribution in [0.2, 0.25) is 0 Å². The number of halogens is 3. The summed E-state index contributed by atoms with van der Waals surface area (Å²) in [4.78, 5) is 17.6. The quantitative estimate of drug-likeness (QED) is 0.381. The maximum absolute atomic E-state index is 12.8. The average Bonchev–Trinajstić information content (AvgIpc) is 3.28. The molecule has 0 aliphatic carbocycles. The van der Waals surface area contributed by atoms with Crippen LogP contribution >= 0.6 is 0 Å². The number of nitrogens with zero attached hydrogens (tertiary/aromatic N) is 5. The zero-order valence-electron chi connectivity index (χ0n) is 18.3. The molecule has 0 unspecified atom stereocenters. The van der Waals surface area contributed by atoms with Gasteiger partial charge < -0.3 is 18.7 Å². The Kier molecular flexibility index (Phi) is 5.97. The number of hydrogen-bond acceptors (Lipinski definition) is 9. The molecule has 5 rings (SSSR count). The molecule has 0 saturated carbocycles. The molecule has 0 N–H and O–H groups in total. The minimum atomic E-state index is -5.80. The molecular formula is C22H20F3N5O4S. The third-order valence-corrected chi connectivity index (χ3v) is 6.66. The first-order chi connectivity index (χ1) is 16.7. The number of aromatic nitrogens is 3. The highest BCUT2D eigenvalue weighted by molar-refractivity contribution is 7.88. The Morgan fingerprint density at radius 3 is 2.46 bits per heavy atom. The van der Waals surface area contributed by atoms with Crippen LogP contribution in [0, 0.1) is 0 Å². The van der Waals surface area contributed by atoms with Gasteiger partial charge in [0.1, 0.15) is 11.6 Å². The molecule has 2 aliphatic heterocycles. The number of fused-ring (bicyclic) bond motifs is 1. The molecule has 0 spiro atoms. The Labute approximate surface area is 199 Å². The topological polar surface area (TPSA) is 97.8 Å². The van der Waals surface area contributed by atoms with Gasteiger partial charge in [0, 0.05) is 48.8 Å². The normalized spacial score (nSPS) is 16.3. The molecule has 2 aromatic heterocycles. The molecule has 0 bridgehead atoms. The summed E-state index contributed by atoms with van der Waals surface area (Å²) in [6.45, 7) is 2.82. The van der Waals surface area contributed by atoms with Crippen LogP contribution in [0.15, 0.2) is 48.8 Å². The molecule has 13 heteroatoms. The lowest BCUT2D eigenvalue weighted by Crippen LogP contribution is -2.37. The second-order valence-electron chi connectivity index (χ2n) is 7.89. The maximum Gasteiger partial charge on any atom is 0.534 e. The van der Waals surface area contributed by atoms with Gasteiger partial charge in [-0.2, -0.15) is 26.6 Å². The Morgan fingerprint density at radius 2 is 1.74 bits per heavy atom. The van der Waals surface area contributed by atoms with Crippen molar-refractivity contribution in [3.8, 4) is 17.0 Å². The van der Waals surface area contributed by atoms with E-state index in [-0.39, 0.29) is 0 Å². The van der Waals surface area contributed by atoms with Crippen LogP contribution in [0.25, 0.3) is 11.3 Å². The zero-order valence-corrected chi connectivity index (χ0v) is 19.1. The molecule has 1 fully saturated rings. The molecule has 1 saturated heterocycles. The zero-order chi connectivity index (χ0) is 24.6. The van der Waals surface area contributed by atoms with E-state index in [1.807, 2.05) is 21.9 Å². The molecule has 4 heterocycles. The molecule has 0 radical (unpaired) electrons. The summed E-state index contributed by atoms with van der Waals surface area (Å²) in [6.07, 6.45) is 3.95. The van der Waals surface area contributed by atoms with E-state index in [0.717, 1.165) is 17.3 Å². The van der Waals surface area contributed by atoms with Crippen LogP contribution in [0.4, 0.5) is 30.6 Å². The summed E-state index contributed by atoms with van der Waals surface area (Å²) >= 11 is 0. The van der Waals surface area contributed by atoms with Gasteiger partial charge in [-0.15, -0.1) is 0 Å². The molecule has 35 heavy (non-hydrogen) atoms. The van der Waals surface area contributed by atoms with Gasteiger partial charge in [-0.3, -0.25) is 4.98 Å². The molecule has 0 amide bonds. The van der Waals surface area contributed by atoms with Crippen molar-refractivity contribution in [2.45, 2.75) is 11.9 Å². The highest BCUT2D eigenvalue weighted by Crippen LogP contribution is 2.40. The van der Waals surface area contributed by atoms with Gasteiger partial charge in [0.05, 0.1) is 18.9 Å². The minimum absolute atomic E-state index is 0.421. The highest BCUT2D eigenvalue weighted by Gasteiger charge is 2.48. The lowest BCUT2D eigenvalue weighted by Gasteiger charge is -2.28. The van der Waals surface area contributed by atoms with Gasteiger partial charge >= 0.3 is 15.6 Å². The molecule has 0 atom stereocenters. The van der Waals surface area contributed by atoms with Crippen molar-refractivity contribution in [2.24, 2.45) is 0 Å². The largest absolute Gasteiger partial charge is 0.534 e.